The van der Waals surface area contributed by atoms with E-state index in [1.807, 2.05) is 18.7 Å². The predicted octanol–water partition coefficient (Wildman–Crippen LogP) is 0.999. The van der Waals surface area contributed by atoms with Crippen LogP contribution in [0.1, 0.15) is 33.1 Å². The Kier molecular flexibility index (Phi) is 5.77. The van der Waals surface area contributed by atoms with Crippen molar-refractivity contribution in [1.82, 2.24) is 4.90 Å². The molecule has 1 heterocycles. The average Bonchev–Trinajstić information content (AvgIpc) is 2.29. The third kappa shape index (κ3) is 4.10. The first-order chi connectivity index (χ1) is 7.67. The molecule has 1 aliphatic rings. The molecule has 2 N–H and O–H groups in total. The maximum absolute atomic E-state index is 11.9. The number of ether oxygens (including phenoxy) is 1. The van der Waals surface area contributed by atoms with Gasteiger partial charge in [-0.2, -0.15) is 0 Å². The molecule has 16 heavy (non-hydrogen) atoms. The Bertz CT molecular complexity index is 219. The molecular weight excluding hydrogens is 204 g/mol. The quantitative estimate of drug-likeness (QED) is 0.763. The Morgan fingerprint density at radius 2 is 2.38 bits per heavy atom. The predicted molar refractivity (Wildman–Crippen MR) is 64.1 cm³/mol. The van der Waals surface area contributed by atoms with Crippen LogP contribution in [0.15, 0.2) is 0 Å². The van der Waals surface area contributed by atoms with Gasteiger partial charge in [-0.25, -0.2) is 0 Å². The summed E-state index contributed by atoms with van der Waals surface area (Å²) in [5.41, 5.74) is 5.53. The summed E-state index contributed by atoms with van der Waals surface area (Å²) >= 11 is 0. The molecule has 2 unspecified atom stereocenters. The van der Waals surface area contributed by atoms with Gasteiger partial charge in [0.15, 0.2) is 0 Å². The molecule has 1 amide bonds. The molecule has 0 radical (unpaired) electrons. The molecule has 1 rings (SSSR count). The SMILES string of the molecule is CCOC1CCCN(C(=O)CC(C)CN)C1. The van der Waals surface area contributed by atoms with Crippen molar-refractivity contribution in [2.75, 3.05) is 26.2 Å². The van der Waals surface area contributed by atoms with Crippen molar-refractivity contribution in [3.63, 3.8) is 0 Å². The topological polar surface area (TPSA) is 55.6 Å². The Morgan fingerprint density at radius 3 is 3.00 bits per heavy atom. The van der Waals surface area contributed by atoms with E-state index < -0.39 is 0 Å². The van der Waals surface area contributed by atoms with Crippen molar-refractivity contribution in [1.29, 1.82) is 0 Å². The highest BCUT2D eigenvalue weighted by Gasteiger charge is 2.24. The van der Waals surface area contributed by atoms with Gasteiger partial charge >= 0.3 is 0 Å². The van der Waals surface area contributed by atoms with Gasteiger partial charge in [-0.3, -0.25) is 4.79 Å². The Morgan fingerprint density at radius 1 is 1.62 bits per heavy atom. The van der Waals surface area contributed by atoms with E-state index in [1.54, 1.807) is 0 Å². The number of hydrogen-bond acceptors (Lipinski definition) is 3. The van der Waals surface area contributed by atoms with E-state index in [0.717, 1.165) is 32.5 Å². The minimum Gasteiger partial charge on any atom is -0.377 e. The van der Waals surface area contributed by atoms with E-state index in [0.29, 0.717) is 13.0 Å². The lowest BCUT2D eigenvalue weighted by Crippen LogP contribution is -2.43. The van der Waals surface area contributed by atoms with E-state index in [4.69, 9.17) is 10.5 Å². The van der Waals surface area contributed by atoms with E-state index in [1.165, 1.54) is 0 Å². The van der Waals surface area contributed by atoms with Crippen molar-refractivity contribution in [3.8, 4) is 0 Å². The number of likely N-dealkylation sites (tertiary alicyclic amines) is 1. The van der Waals surface area contributed by atoms with E-state index >= 15 is 0 Å². The number of nitrogens with two attached hydrogens (primary N) is 1. The summed E-state index contributed by atoms with van der Waals surface area (Å²) in [5, 5.41) is 0. The summed E-state index contributed by atoms with van der Waals surface area (Å²) in [6.07, 6.45) is 2.92. The Balaban J connectivity index is 2.37. The van der Waals surface area contributed by atoms with Gasteiger partial charge in [0.1, 0.15) is 0 Å². The highest BCUT2D eigenvalue weighted by Crippen LogP contribution is 2.15. The van der Waals surface area contributed by atoms with Crippen LogP contribution >= 0.6 is 0 Å². The van der Waals surface area contributed by atoms with Gasteiger partial charge in [0.05, 0.1) is 6.10 Å². The first-order valence-electron chi connectivity index (χ1n) is 6.26. The molecule has 0 aromatic rings. The number of carbonyl (C=O) groups excluding carboxylic acids is 1. The van der Waals surface area contributed by atoms with Gasteiger partial charge in [0, 0.05) is 26.1 Å². The summed E-state index contributed by atoms with van der Waals surface area (Å²) in [6.45, 7) is 6.95. The van der Waals surface area contributed by atoms with Crippen LogP contribution < -0.4 is 5.73 Å². The van der Waals surface area contributed by atoms with Crippen molar-refractivity contribution >= 4 is 5.91 Å². The van der Waals surface area contributed by atoms with Crippen LogP contribution in [0.2, 0.25) is 0 Å². The van der Waals surface area contributed by atoms with Crippen molar-refractivity contribution in [3.05, 3.63) is 0 Å². The molecule has 1 aliphatic heterocycles. The number of amides is 1. The van der Waals surface area contributed by atoms with Gasteiger partial charge in [0.25, 0.3) is 0 Å². The maximum Gasteiger partial charge on any atom is 0.222 e. The molecule has 94 valence electrons. The minimum absolute atomic E-state index is 0.224. The second kappa shape index (κ2) is 6.86. The van der Waals surface area contributed by atoms with Crippen LogP contribution in [0, 0.1) is 5.92 Å². The fourth-order valence-electron chi connectivity index (χ4n) is 2.05. The van der Waals surface area contributed by atoms with Crippen LogP contribution in [0.5, 0.6) is 0 Å². The zero-order chi connectivity index (χ0) is 12.0. The molecule has 2 atom stereocenters. The molecule has 0 aliphatic carbocycles. The van der Waals surface area contributed by atoms with E-state index in [2.05, 4.69) is 0 Å². The summed E-state index contributed by atoms with van der Waals surface area (Å²) < 4.78 is 5.58. The van der Waals surface area contributed by atoms with Gasteiger partial charge < -0.3 is 15.4 Å². The van der Waals surface area contributed by atoms with Crippen LogP contribution in [0.3, 0.4) is 0 Å². The second-order valence-corrected chi connectivity index (χ2v) is 4.60. The highest BCUT2D eigenvalue weighted by atomic mass is 16.5. The van der Waals surface area contributed by atoms with Crippen molar-refractivity contribution in [2.24, 2.45) is 11.7 Å². The average molecular weight is 228 g/mol. The summed E-state index contributed by atoms with van der Waals surface area (Å²) in [7, 11) is 0. The van der Waals surface area contributed by atoms with Crippen molar-refractivity contribution in [2.45, 2.75) is 39.2 Å². The third-order valence-electron chi connectivity index (χ3n) is 3.06. The molecule has 0 spiro atoms. The number of rotatable bonds is 5. The summed E-state index contributed by atoms with van der Waals surface area (Å²) in [4.78, 5) is 13.9. The normalized spacial score (nSPS) is 23.2. The molecule has 0 aromatic carbocycles. The largest absolute Gasteiger partial charge is 0.377 e. The molecule has 4 heteroatoms. The van der Waals surface area contributed by atoms with Crippen molar-refractivity contribution < 1.29 is 9.53 Å². The highest BCUT2D eigenvalue weighted by molar-refractivity contribution is 5.76. The van der Waals surface area contributed by atoms with Gasteiger partial charge in [-0.05, 0) is 32.2 Å². The smallest absolute Gasteiger partial charge is 0.222 e. The second-order valence-electron chi connectivity index (χ2n) is 4.60. The molecule has 0 saturated carbocycles. The zero-order valence-corrected chi connectivity index (χ0v) is 10.4. The minimum atomic E-state index is 0.224. The van der Waals surface area contributed by atoms with Crippen LogP contribution in [0.4, 0.5) is 0 Å². The molecule has 0 aromatic heterocycles. The number of nitrogens with zero attached hydrogens (tertiary/aromatic N) is 1. The first kappa shape index (κ1) is 13.5. The molecule has 4 nitrogen and oxygen atoms in total. The van der Waals surface area contributed by atoms with Gasteiger partial charge in [0.2, 0.25) is 5.91 Å². The fourth-order valence-corrected chi connectivity index (χ4v) is 2.05. The van der Waals surface area contributed by atoms with Gasteiger partial charge in [-0.15, -0.1) is 0 Å². The van der Waals surface area contributed by atoms with Crippen LogP contribution in [-0.2, 0) is 9.53 Å². The third-order valence-corrected chi connectivity index (χ3v) is 3.06. The number of carbonyl (C=O) groups is 1. The maximum atomic E-state index is 11.9. The monoisotopic (exact) mass is 228 g/mol. The summed E-state index contributed by atoms with van der Waals surface area (Å²) in [5.74, 6) is 0.502. The molecule has 1 fully saturated rings. The molecule has 0 bridgehead atoms. The number of piperidine rings is 1. The Labute approximate surface area is 98.1 Å². The lowest BCUT2D eigenvalue weighted by Gasteiger charge is -2.33. The van der Waals surface area contributed by atoms with Gasteiger partial charge in [-0.1, -0.05) is 6.92 Å². The standard InChI is InChI=1S/C12H24N2O2/c1-3-16-11-5-4-6-14(9-11)12(15)7-10(2)8-13/h10-11H,3-9,13H2,1-2H3. The molecular formula is C12H24N2O2. The van der Waals surface area contributed by atoms with E-state index in [9.17, 15) is 4.79 Å². The fraction of sp³-hybridized carbons (Fsp3) is 0.917. The van der Waals surface area contributed by atoms with E-state index in [-0.39, 0.29) is 17.9 Å². The molecule has 1 saturated heterocycles. The lowest BCUT2D eigenvalue weighted by atomic mass is 10.0. The first-order valence-corrected chi connectivity index (χ1v) is 6.26. The zero-order valence-electron chi connectivity index (χ0n) is 10.4. The van der Waals surface area contributed by atoms with Crippen LogP contribution in [0.25, 0.3) is 0 Å². The van der Waals surface area contributed by atoms with Crippen LogP contribution in [-0.4, -0.2) is 43.2 Å². The lowest BCUT2D eigenvalue weighted by molar-refractivity contribution is -0.136. The number of hydrogen-bond donors (Lipinski definition) is 1. The summed E-state index contributed by atoms with van der Waals surface area (Å²) in [6, 6.07) is 0. The Hall–Kier alpha value is -0.610.